The van der Waals surface area contributed by atoms with Crippen molar-refractivity contribution >= 4 is 34.5 Å². The van der Waals surface area contributed by atoms with E-state index in [2.05, 4.69) is 10.2 Å². The second-order valence-corrected chi connectivity index (χ2v) is 8.05. The molecule has 6 nitrogen and oxygen atoms in total. The highest BCUT2D eigenvalue weighted by Gasteiger charge is 2.32. The zero-order chi connectivity index (χ0) is 20.5. The summed E-state index contributed by atoms with van der Waals surface area (Å²) in [5.74, 6) is 1.26. The lowest BCUT2D eigenvalue weighted by molar-refractivity contribution is -0.110. The number of halogens is 1. The fourth-order valence-corrected chi connectivity index (χ4v) is 4.28. The van der Waals surface area contributed by atoms with Crippen molar-refractivity contribution < 1.29 is 19.0 Å². The van der Waals surface area contributed by atoms with Crippen molar-refractivity contribution in [3.63, 3.8) is 0 Å². The Kier molecular flexibility index (Phi) is 5.37. The maximum Gasteiger partial charge on any atom is 0.260 e. The predicted molar refractivity (Wildman–Crippen MR) is 115 cm³/mol. The van der Waals surface area contributed by atoms with E-state index in [1.165, 1.54) is 0 Å². The molecule has 30 heavy (non-hydrogen) atoms. The first-order chi connectivity index (χ1) is 14.7. The highest BCUT2D eigenvalue weighted by atomic mass is 35.5. The SMILES string of the molecule is O=C1Nc2ccc(Cl)cc2C1=C1OCc2cc(OCCCN3CCOCC3)ccc21. The van der Waals surface area contributed by atoms with Gasteiger partial charge in [-0.2, -0.15) is 0 Å². The van der Waals surface area contributed by atoms with Crippen molar-refractivity contribution in [1.29, 1.82) is 0 Å². The van der Waals surface area contributed by atoms with Crippen LogP contribution in [-0.2, 0) is 20.9 Å². The number of ether oxygens (including phenoxy) is 3. The van der Waals surface area contributed by atoms with Gasteiger partial charge in [-0.25, -0.2) is 0 Å². The molecule has 0 radical (unpaired) electrons. The quantitative estimate of drug-likeness (QED) is 0.582. The number of carbonyl (C=O) groups is 1. The second-order valence-electron chi connectivity index (χ2n) is 7.61. The van der Waals surface area contributed by atoms with E-state index in [4.69, 9.17) is 25.8 Å². The summed E-state index contributed by atoms with van der Waals surface area (Å²) in [6, 6.07) is 11.3. The van der Waals surface area contributed by atoms with Crippen LogP contribution in [-0.4, -0.2) is 50.3 Å². The van der Waals surface area contributed by atoms with Gasteiger partial charge in [0.05, 0.1) is 25.4 Å². The van der Waals surface area contributed by atoms with Crippen LogP contribution in [0.3, 0.4) is 0 Å². The summed E-state index contributed by atoms with van der Waals surface area (Å²) in [6.07, 6.45) is 0.973. The van der Waals surface area contributed by atoms with Crippen LogP contribution in [0.15, 0.2) is 36.4 Å². The number of nitrogens with zero attached hydrogens (tertiary/aromatic N) is 1. The van der Waals surface area contributed by atoms with Crippen molar-refractivity contribution in [3.05, 3.63) is 58.1 Å². The summed E-state index contributed by atoms with van der Waals surface area (Å²) in [7, 11) is 0. The van der Waals surface area contributed by atoms with Gasteiger partial charge in [-0.1, -0.05) is 11.6 Å². The minimum Gasteiger partial charge on any atom is -0.494 e. The van der Waals surface area contributed by atoms with E-state index < -0.39 is 0 Å². The summed E-state index contributed by atoms with van der Waals surface area (Å²) in [6.45, 7) is 5.73. The van der Waals surface area contributed by atoms with Crippen LogP contribution in [0.1, 0.15) is 23.1 Å². The molecule has 1 N–H and O–H groups in total. The zero-order valence-corrected chi connectivity index (χ0v) is 17.3. The molecule has 3 heterocycles. The summed E-state index contributed by atoms with van der Waals surface area (Å²) in [4.78, 5) is 15.0. The Morgan fingerprint density at radius 2 is 1.97 bits per heavy atom. The van der Waals surface area contributed by atoms with Gasteiger partial charge in [-0.15, -0.1) is 0 Å². The maximum absolute atomic E-state index is 12.6. The molecule has 0 bridgehead atoms. The number of amides is 1. The lowest BCUT2D eigenvalue weighted by Crippen LogP contribution is -2.37. The van der Waals surface area contributed by atoms with E-state index in [-0.39, 0.29) is 5.91 Å². The Morgan fingerprint density at radius 3 is 2.83 bits per heavy atom. The third kappa shape index (κ3) is 3.78. The Bertz CT molecular complexity index is 1010. The van der Waals surface area contributed by atoms with Gasteiger partial charge in [0.1, 0.15) is 18.1 Å². The molecule has 0 saturated carbocycles. The summed E-state index contributed by atoms with van der Waals surface area (Å²) < 4.78 is 17.3. The van der Waals surface area contributed by atoms with E-state index in [0.29, 0.717) is 29.6 Å². The topological polar surface area (TPSA) is 60.0 Å². The van der Waals surface area contributed by atoms with Crippen molar-refractivity contribution in [2.45, 2.75) is 13.0 Å². The molecule has 0 aliphatic carbocycles. The van der Waals surface area contributed by atoms with Crippen molar-refractivity contribution in [2.75, 3.05) is 44.8 Å². The Labute approximate surface area is 180 Å². The van der Waals surface area contributed by atoms with Crippen LogP contribution in [0.4, 0.5) is 5.69 Å². The molecule has 3 aliphatic heterocycles. The average molecular weight is 427 g/mol. The third-order valence-corrected chi connectivity index (χ3v) is 5.87. The van der Waals surface area contributed by atoms with Crippen LogP contribution < -0.4 is 10.1 Å². The Balaban J connectivity index is 1.29. The van der Waals surface area contributed by atoms with Gasteiger partial charge in [-0.3, -0.25) is 9.69 Å². The zero-order valence-electron chi connectivity index (χ0n) is 16.6. The monoisotopic (exact) mass is 426 g/mol. The first kappa shape index (κ1) is 19.4. The fourth-order valence-electron chi connectivity index (χ4n) is 4.10. The van der Waals surface area contributed by atoms with Crippen LogP contribution >= 0.6 is 11.6 Å². The number of fused-ring (bicyclic) bond motifs is 2. The summed E-state index contributed by atoms with van der Waals surface area (Å²) in [5.41, 5.74) is 4.01. The molecule has 2 aromatic carbocycles. The normalized spacial score (nSPS) is 20.5. The largest absolute Gasteiger partial charge is 0.494 e. The summed E-state index contributed by atoms with van der Waals surface area (Å²) in [5, 5.41) is 3.47. The fraction of sp³-hybridized carbons (Fsp3) is 0.348. The third-order valence-electron chi connectivity index (χ3n) is 5.64. The van der Waals surface area contributed by atoms with Gasteiger partial charge in [0, 0.05) is 47.0 Å². The minimum absolute atomic E-state index is 0.168. The van der Waals surface area contributed by atoms with E-state index in [1.54, 1.807) is 12.1 Å². The average Bonchev–Trinajstić information content (AvgIpc) is 3.31. The van der Waals surface area contributed by atoms with Gasteiger partial charge < -0.3 is 19.5 Å². The van der Waals surface area contributed by atoms with Gasteiger partial charge in [-0.05, 0) is 42.8 Å². The smallest absolute Gasteiger partial charge is 0.260 e. The number of rotatable bonds is 5. The minimum atomic E-state index is -0.168. The molecule has 3 aliphatic rings. The van der Waals surface area contributed by atoms with Gasteiger partial charge in [0.15, 0.2) is 0 Å². The van der Waals surface area contributed by atoms with E-state index in [0.717, 1.165) is 67.4 Å². The Morgan fingerprint density at radius 1 is 1.10 bits per heavy atom. The van der Waals surface area contributed by atoms with Gasteiger partial charge in [0.2, 0.25) is 0 Å². The maximum atomic E-state index is 12.6. The lowest BCUT2D eigenvalue weighted by atomic mass is 10.0. The molecular formula is C23H23ClN2O4. The number of morpholine rings is 1. The van der Waals surface area contributed by atoms with Crippen molar-refractivity contribution in [2.24, 2.45) is 0 Å². The molecule has 1 amide bonds. The number of carbonyl (C=O) groups excluding carboxylic acids is 1. The molecule has 5 rings (SSSR count). The molecule has 7 heteroatoms. The molecule has 0 spiro atoms. The number of nitrogens with one attached hydrogen (secondary N) is 1. The van der Waals surface area contributed by atoms with Crippen LogP contribution in [0.25, 0.3) is 11.3 Å². The highest BCUT2D eigenvalue weighted by Crippen LogP contribution is 2.43. The van der Waals surface area contributed by atoms with Gasteiger partial charge >= 0.3 is 0 Å². The van der Waals surface area contributed by atoms with Gasteiger partial charge in [0.25, 0.3) is 5.91 Å². The van der Waals surface area contributed by atoms with E-state index in [1.807, 2.05) is 24.3 Å². The molecule has 156 valence electrons. The predicted octanol–water partition coefficient (Wildman–Crippen LogP) is 3.79. The number of hydrogen-bond donors (Lipinski definition) is 1. The lowest BCUT2D eigenvalue weighted by Gasteiger charge is -2.26. The standard InChI is InChI=1S/C23H23ClN2O4/c24-16-2-5-20-19(13-16)21(23(27)25-20)22-18-4-3-17(12-15(18)14-30-22)29-9-1-6-26-7-10-28-11-8-26/h2-5,12-13H,1,6-11,14H2,(H,25,27). The number of hydrogen-bond acceptors (Lipinski definition) is 5. The molecule has 0 unspecified atom stereocenters. The molecule has 2 aromatic rings. The highest BCUT2D eigenvalue weighted by molar-refractivity contribution is 6.37. The Hall–Kier alpha value is -2.54. The van der Waals surface area contributed by atoms with E-state index >= 15 is 0 Å². The van der Waals surface area contributed by atoms with Crippen molar-refractivity contribution in [3.8, 4) is 5.75 Å². The first-order valence-electron chi connectivity index (χ1n) is 10.2. The molecule has 0 aromatic heterocycles. The molecule has 1 fully saturated rings. The first-order valence-corrected chi connectivity index (χ1v) is 10.6. The van der Waals surface area contributed by atoms with Crippen LogP contribution in [0.5, 0.6) is 5.75 Å². The van der Waals surface area contributed by atoms with Crippen LogP contribution in [0.2, 0.25) is 5.02 Å². The van der Waals surface area contributed by atoms with Crippen molar-refractivity contribution in [1.82, 2.24) is 4.90 Å². The number of benzene rings is 2. The van der Waals surface area contributed by atoms with Crippen LogP contribution in [0, 0.1) is 0 Å². The second kappa shape index (κ2) is 8.30. The molecular weight excluding hydrogens is 404 g/mol. The van der Waals surface area contributed by atoms with E-state index in [9.17, 15) is 4.79 Å². The summed E-state index contributed by atoms with van der Waals surface area (Å²) >= 11 is 6.15. The number of anilines is 1. The molecule has 0 atom stereocenters. The molecule has 1 saturated heterocycles.